The first kappa shape index (κ1) is 18.7. The minimum Gasteiger partial charge on any atom is -0.494 e. The van der Waals surface area contributed by atoms with Crippen LogP contribution < -0.4 is 4.74 Å². The average molecular weight is 350 g/mol. The van der Waals surface area contributed by atoms with Gasteiger partial charge in [-0.3, -0.25) is 0 Å². The van der Waals surface area contributed by atoms with Crippen LogP contribution in [0.2, 0.25) is 0 Å². The van der Waals surface area contributed by atoms with Gasteiger partial charge in [0.15, 0.2) is 0 Å². The van der Waals surface area contributed by atoms with Crippen molar-refractivity contribution in [2.24, 2.45) is 0 Å². The van der Waals surface area contributed by atoms with Gasteiger partial charge in [-0.2, -0.15) is 0 Å². The molecule has 3 rings (SSSR count). The fraction of sp³-hybridized carbons (Fsp3) is 0.417. The van der Waals surface area contributed by atoms with Crippen molar-refractivity contribution in [2.75, 3.05) is 27.2 Å². The summed E-state index contributed by atoms with van der Waals surface area (Å²) in [4.78, 5) is 2.22. The van der Waals surface area contributed by atoms with Crippen molar-refractivity contribution in [2.45, 2.75) is 38.5 Å². The quantitative estimate of drug-likeness (QED) is 0.594. The largest absolute Gasteiger partial charge is 0.494 e. The van der Waals surface area contributed by atoms with Crippen molar-refractivity contribution in [3.63, 3.8) is 0 Å². The molecule has 0 saturated heterocycles. The van der Waals surface area contributed by atoms with E-state index in [0.29, 0.717) is 0 Å². The standard InChI is InChI=1S/C24H31NO/c1-25(2)17-16-21-12-8-13-22-19-23(14-15-24(21)22)26-18-7-6-11-20-9-4-3-5-10-20/h3-5,9-10,14-16,19H,6-8,11-13,17-18H2,1-2H3. The van der Waals surface area contributed by atoms with Gasteiger partial charge in [-0.25, -0.2) is 0 Å². The first-order valence-electron chi connectivity index (χ1n) is 9.86. The molecule has 2 heteroatoms. The number of nitrogens with zero attached hydrogens (tertiary/aromatic N) is 1. The van der Waals surface area contributed by atoms with Gasteiger partial charge in [0.2, 0.25) is 0 Å². The molecule has 1 aliphatic carbocycles. The van der Waals surface area contributed by atoms with Gasteiger partial charge < -0.3 is 9.64 Å². The minimum absolute atomic E-state index is 0.801. The maximum Gasteiger partial charge on any atom is 0.119 e. The molecular weight excluding hydrogens is 318 g/mol. The number of ether oxygens (including phenoxy) is 1. The second-order valence-corrected chi connectivity index (χ2v) is 7.46. The van der Waals surface area contributed by atoms with Crippen LogP contribution in [-0.4, -0.2) is 32.1 Å². The molecule has 0 bridgehead atoms. The summed E-state index contributed by atoms with van der Waals surface area (Å²) in [5, 5.41) is 0. The van der Waals surface area contributed by atoms with Crippen LogP contribution in [0.3, 0.4) is 0 Å². The first-order chi connectivity index (χ1) is 12.7. The van der Waals surface area contributed by atoms with E-state index in [4.69, 9.17) is 4.74 Å². The van der Waals surface area contributed by atoms with Gasteiger partial charge >= 0.3 is 0 Å². The Morgan fingerprint density at radius 3 is 2.65 bits per heavy atom. The first-order valence-corrected chi connectivity index (χ1v) is 9.86. The van der Waals surface area contributed by atoms with Crippen LogP contribution in [0.25, 0.3) is 5.57 Å². The van der Waals surface area contributed by atoms with Crippen molar-refractivity contribution in [1.82, 2.24) is 4.90 Å². The van der Waals surface area contributed by atoms with Crippen molar-refractivity contribution in [3.05, 3.63) is 71.3 Å². The predicted molar refractivity (Wildman–Crippen MR) is 111 cm³/mol. The van der Waals surface area contributed by atoms with E-state index in [1.54, 1.807) is 0 Å². The second-order valence-electron chi connectivity index (χ2n) is 7.46. The topological polar surface area (TPSA) is 12.5 Å². The molecule has 0 amide bonds. The normalized spacial score (nSPS) is 15.3. The van der Waals surface area contributed by atoms with E-state index >= 15 is 0 Å². The van der Waals surface area contributed by atoms with E-state index in [0.717, 1.165) is 31.7 Å². The predicted octanol–water partition coefficient (Wildman–Crippen LogP) is 5.37. The fourth-order valence-corrected chi connectivity index (χ4v) is 3.55. The van der Waals surface area contributed by atoms with Crippen LogP contribution in [-0.2, 0) is 12.8 Å². The van der Waals surface area contributed by atoms with Crippen LogP contribution in [0.5, 0.6) is 5.75 Å². The lowest BCUT2D eigenvalue weighted by molar-refractivity contribution is 0.306. The summed E-state index contributed by atoms with van der Waals surface area (Å²) in [5.74, 6) is 1.03. The Kier molecular flexibility index (Phi) is 6.90. The Labute approximate surface area is 158 Å². The third-order valence-electron chi connectivity index (χ3n) is 4.99. The average Bonchev–Trinajstić information content (AvgIpc) is 2.66. The molecule has 0 saturated carbocycles. The number of benzene rings is 2. The lowest BCUT2D eigenvalue weighted by atomic mass is 9.87. The molecule has 0 radical (unpaired) electrons. The van der Waals surface area contributed by atoms with E-state index in [-0.39, 0.29) is 0 Å². The van der Waals surface area contributed by atoms with Gasteiger partial charge in [0.1, 0.15) is 5.75 Å². The number of likely N-dealkylation sites (N-methyl/N-ethyl adjacent to an activating group) is 1. The maximum atomic E-state index is 6.02. The molecule has 2 nitrogen and oxygen atoms in total. The van der Waals surface area contributed by atoms with E-state index in [1.165, 1.54) is 47.9 Å². The molecule has 0 atom stereocenters. The summed E-state index contributed by atoms with van der Waals surface area (Å²) in [6.45, 7) is 1.81. The van der Waals surface area contributed by atoms with Crippen LogP contribution >= 0.6 is 0 Å². The molecular formula is C24H31NO. The highest BCUT2D eigenvalue weighted by atomic mass is 16.5. The van der Waals surface area contributed by atoms with Gasteiger partial charge in [-0.05, 0) is 87.0 Å². The molecule has 26 heavy (non-hydrogen) atoms. The summed E-state index contributed by atoms with van der Waals surface area (Å²) in [6, 6.07) is 17.4. The number of fused-ring (bicyclic) bond motifs is 1. The minimum atomic E-state index is 0.801. The Hall–Kier alpha value is -2.06. The lowest BCUT2D eigenvalue weighted by Crippen LogP contribution is -2.12. The van der Waals surface area contributed by atoms with Gasteiger partial charge in [0.25, 0.3) is 0 Å². The Bertz CT molecular complexity index is 718. The monoisotopic (exact) mass is 349 g/mol. The van der Waals surface area contributed by atoms with E-state index < -0.39 is 0 Å². The van der Waals surface area contributed by atoms with Gasteiger partial charge in [-0.1, -0.05) is 42.5 Å². The van der Waals surface area contributed by atoms with Crippen LogP contribution in [0.1, 0.15) is 42.4 Å². The highest BCUT2D eigenvalue weighted by Gasteiger charge is 2.14. The highest BCUT2D eigenvalue weighted by molar-refractivity contribution is 5.70. The lowest BCUT2D eigenvalue weighted by Gasteiger charge is -2.21. The van der Waals surface area contributed by atoms with Crippen LogP contribution in [0.15, 0.2) is 54.6 Å². The molecule has 0 fully saturated rings. The number of unbranched alkanes of at least 4 members (excludes halogenated alkanes) is 1. The van der Waals surface area contributed by atoms with Crippen molar-refractivity contribution >= 4 is 5.57 Å². The van der Waals surface area contributed by atoms with Gasteiger partial charge in [0.05, 0.1) is 6.61 Å². The summed E-state index contributed by atoms with van der Waals surface area (Å²) in [7, 11) is 4.24. The summed E-state index contributed by atoms with van der Waals surface area (Å²) in [5.41, 5.74) is 5.78. The molecule has 0 spiro atoms. The molecule has 0 heterocycles. The number of aryl methyl sites for hydroxylation is 2. The Balaban J connectivity index is 1.50. The van der Waals surface area contributed by atoms with Crippen LogP contribution in [0.4, 0.5) is 0 Å². The number of allylic oxidation sites excluding steroid dienone is 1. The molecule has 0 unspecified atom stereocenters. The van der Waals surface area contributed by atoms with Crippen molar-refractivity contribution in [1.29, 1.82) is 0 Å². The van der Waals surface area contributed by atoms with Gasteiger partial charge in [0, 0.05) is 6.54 Å². The molecule has 0 aliphatic heterocycles. The number of hydrogen-bond acceptors (Lipinski definition) is 2. The molecule has 2 aromatic carbocycles. The SMILES string of the molecule is CN(C)CC=C1CCCc2cc(OCCCCc3ccccc3)ccc21. The molecule has 1 aliphatic rings. The van der Waals surface area contributed by atoms with Crippen molar-refractivity contribution in [3.8, 4) is 5.75 Å². The zero-order valence-corrected chi connectivity index (χ0v) is 16.2. The summed E-state index contributed by atoms with van der Waals surface area (Å²) < 4.78 is 6.02. The fourth-order valence-electron chi connectivity index (χ4n) is 3.55. The molecule has 0 N–H and O–H groups in total. The van der Waals surface area contributed by atoms with E-state index in [9.17, 15) is 0 Å². The summed E-state index contributed by atoms with van der Waals surface area (Å²) in [6.07, 6.45) is 9.38. The molecule has 0 aromatic heterocycles. The van der Waals surface area contributed by atoms with E-state index in [2.05, 4.69) is 73.6 Å². The third kappa shape index (κ3) is 5.47. The molecule has 138 valence electrons. The zero-order chi connectivity index (χ0) is 18.2. The Morgan fingerprint density at radius 1 is 1.00 bits per heavy atom. The van der Waals surface area contributed by atoms with Crippen molar-refractivity contribution < 1.29 is 4.74 Å². The zero-order valence-electron chi connectivity index (χ0n) is 16.2. The summed E-state index contributed by atoms with van der Waals surface area (Å²) >= 11 is 0. The van der Waals surface area contributed by atoms with E-state index in [1.807, 2.05) is 0 Å². The third-order valence-corrected chi connectivity index (χ3v) is 4.99. The number of hydrogen-bond donors (Lipinski definition) is 0. The highest BCUT2D eigenvalue weighted by Crippen LogP contribution is 2.33. The molecule has 2 aromatic rings. The Morgan fingerprint density at radius 2 is 1.85 bits per heavy atom. The van der Waals surface area contributed by atoms with Gasteiger partial charge in [-0.15, -0.1) is 0 Å². The second kappa shape index (κ2) is 9.59. The smallest absolute Gasteiger partial charge is 0.119 e. The number of rotatable bonds is 8. The maximum absolute atomic E-state index is 6.02. The van der Waals surface area contributed by atoms with Crippen LogP contribution in [0, 0.1) is 0 Å².